The molecule has 1 heterocycles. The summed E-state index contributed by atoms with van der Waals surface area (Å²) in [5, 5.41) is 6.48. The van der Waals surface area contributed by atoms with Gasteiger partial charge in [-0.15, -0.1) is 24.0 Å². The minimum atomic E-state index is 0. The van der Waals surface area contributed by atoms with Gasteiger partial charge in [0.05, 0.1) is 13.2 Å². The van der Waals surface area contributed by atoms with Crippen molar-refractivity contribution in [1.29, 1.82) is 0 Å². The number of nitrogens with one attached hydrogen (secondary N) is 2. The third-order valence-corrected chi connectivity index (χ3v) is 5.58. The van der Waals surface area contributed by atoms with E-state index >= 15 is 0 Å². The van der Waals surface area contributed by atoms with Gasteiger partial charge in [-0.1, -0.05) is 43.5 Å². The molecule has 0 bridgehead atoms. The third-order valence-electron chi connectivity index (χ3n) is 5.58. The molecule has 0 radical (unpaired) electrons. The Labute approximate surface area is 191 Å². The second-order valence-electron chi connectivity index (χ2n) is 7.73. The molecule has 6 nitrogen and oxygen atoms in total. The van der Waals surface area contributed by atoms with Crippen molar-refractivity contribution in [3.05, 3.63) is 35.4 Å². The highest BCUT2D eigenvalue weighted by Crippen LogP contribution is 2.25. The van der Waals surface area contributed by atoms with E-state index in [1.165, 1.54) is 30.4 Å². The number of amides is 1. The lowest BCUT2D eigenvalue weighted by molar-refractivity contribution is -0.120. The fraction of sp³-hybridized carbons (Fsp3) is 0.636. The van der Waals surface area contributed by atoms with Crippen molar-refractivity contribution in [3.63, 3.8) is 0 Å². The van der Waals surface area contributed by atoms with Gasteiger partial charge in [-0.3, -0.25) is 4.79 Å². The number of nitrogens with zero attached hydrogens (tertiary/aromatic N) is 2. The zero-order valence-electron chi connectivity index (χ0n) is 17.7. The first kappa shape index (κ1) is 23.9. The van der Waals surface area contributed by atoms with Gasteiger partial charge in [0.15, 0.2) is 5.96 Å². The van der Waals surface area contributed by atoms with Crippen molar-refractivity contribution in [2.45, 2.75) is 58.1 Å². The van der Waals surface area contributed by atoms with Gasteiger partial charge in [0.2, 0.25) is 5.91 Å². The van der Waals surface area contributed by atoms with E-state index < -0.39 is 0 Å². The first-order chi connectivity index (χ1) is 13.7. The van der Waals surface area contributed by atoms with E-state index in [1.807, 2.05) is 0 Å². The van der Waals surface area contributed by atoms with Crippen LogP contribution in [-0.2, 0) is 9.53 Å². The predicted molar refractivity (Wildman–Crippen MR) is 128 cm³/mol. The van der Waals surface area contributed by atoms with Gasteiger partial charge in [-0.05, 0) is 37.8 Å². The standard InChI is InChI=1S/C22H34N4O2.HI/c1-3-23-22(24-15-21(27)25-18-10-5-4-6-11-18)26-13-14-28-20(16-26)19-12-8-7-9-17(19)2;/h7-9,12,18,20H,3-6,10-11,13-16H2,1-2H3,(H,23,24)(H,25,27);1H. The van der Waals surface area contributed by atoms with Gasteiger partial charge in [0.1, 0.15) is 12.6 Å². The highest BCUT2D eigenvalue weighted by Gasteiger charge is 2.25. The van der Waals surface area contributed by atoms with E-state index in [2.05, 4.69) is 58.6 Å². The Morgan fingerprint density at radius 2 is 2.00 bits per heavy atom. The Kier molecular flexibility index (Phi) is 10.2. The monoisotopic (exact) mass is 514 g/mol. The topological polar surface area (TPSA) is 66.0 Å². The molecule has 7 heteroatoms. The molecule has 2 fully saturated rings. The van der Waals surface area contributed by atoms with Crippen LogP contribution in [0.1, 0.15) is 56.3 Å². The summed E-state index contributed by atoms with van der Waals surface area (Å²) < 4.78 is 6.03. The fourth-order valence-corrected chi connectivity index (χ4v) is 4.07. The third kappa shape index (κ3) is 7.13. The Morgan fingerprint density at radius 1 is 1.24 bits per heavy atom. The van der Waals surface area contributed by atoms with Crippen molar-refractivity contribution in [1.82, 2.24) is 15.5 Å². The molecule has 1 aromatic carbocycles. The fourth-order valence-electron chi connectivity index (χ4n) is 4.07. The SMILES string of the molecule is CCNC(=NCC(=O)NC1CCCCC1)N1CCOC(c2ccccc2C)C1.I. The van der Waals surface area contributed by atoms with Gasteiger partial charge in [-0.25, -0.2) is 4.99 Å². The molecule has 3 rings (SSSR count). The maximum Gasteiger partial charge on any atom is 0.242 e. The average molecular weight is 514 g/mol. The molecule has 0 aromatic heterocycles. The number of benzene rings is 1. The van der Waals surface area contributed by atoms with Crippen LogP contribution >= 0.6 is 24.0 Å². The molecule has 2 aliphatic rings. The summed E-state index contributed by atoms with van der Waals surface area (Å²) in [6, 6.07) is 8.68. The summed E-state index contributed by atoms with van der Waals surface area (Å²) in [6.45, 7) is 7.28. The molecule has 1 amide bonds. The molecule has 1 unspecified atom stereocenters. The Hall–Kier alpha value is -1.35. The van der Waals surface area contributed by atoms with Gasteiger partial charge in [0.25, 0.3) is 0 Å². The van der Waals surface area contributed by atoms with Gasteiger partial charge < -0.3 is 20.3 Å². The molecule has 162 valence electrons. The zero-order valence-corrected chi connectivity index (χ0v) is 20.0. The van der Waals surface area contributed by atoms with Crippen LogP contribution in [0.15, 0.2) is 29.3 Å². The molecule has 1 aliphatic heterocycles. The molecule has 29 heavy (non-hydrogen) atoms. The van der Waals surface area contributed by atoms with Crippen molar-refractivity contribution in [2.75, 3.05) is 32.8 Å². The number of rotatable bonds is 5. The highest BCUT2D eigenvalue weighted by atomic mass is 127. The van der Waals surface area contributed by atoms with E-state index in [-0.39, 0.29) is 42.5 Å². The molecular formula is C22H35IN4O2. The Balaban J connectivity index is 0.00000300. The quantitative estimate of drug-likeness (QED) is 0.359. The number of ether oxygens (including phenoxy) is 1. The number of hydrogen-bond donors (Lipinski definition) is 2. The van der Waals surface area contributed by atoms with Crippen molar-refractivity contribution in [3.8, 4) is 0 Å². The van der Waals surface area contributed by atoms with Crippen LogP contribution in [-0.4, -0.2) is 55.6 Å². The largest absolute Gasteiger partial charge is 0.370 e. The van der Waals surface area contributed by atoms with Crippen LogP contribution in [0.2, 0.25) is 0 Å². The molecule has 0 spiro atoms. The summed E-state index contributed by atoms with van der Waals surface area (Å²) in [5.74, 6) is 0.814. The number of aryl methyl sites for hydroxylation is 1. The first-order valence-corrected chi connectivity index (χ1v) is 10.7. The van der Waals surface area contributed by atoms with E-state index in [4.69, 9.17) is 4.74 Å². The van der Waals surface area contributed by atoms with Gasteiger partial charge in [0, 0.05) is 19.1 Å². The summed E-state index contributed by atoms with van der Waals surface area (Å²) >= 11 is 0. The maximum atomic E-state index is 12.3. The molecule has 1 saturated carbocycles. The Morgan fingerprint density at radius 3 is 2.72 bits per heavy atom. The van der Waals surface area contributed by atoms with Crippen LogP contribution in [0.4, 0.5) is 0 Å². The average Bonchev–Trinajstić information content (AvgIpc) is 2.72. The lowest BCUT2D eigenvalue weighted by Gasteiger charge is -2.35. The smallest absolute Gasteiger partial charge is 0.242 e. The minimum absolute atomic E-state index is 0. The van der Waals surface area contributed by atoms with Crippen LogP contribution in [0.3, 0.4) is 0 Å². The number of guanidine groups is 1. The number of carbonyl (C=O) groups excluding carboxylic acids is 1. The zero-order chi connectivity index (χ0) is 19.8. The van der Waals surface area contributed by atoms with E-state index in [9.17, 15) is 4.79 Å². The van der Waals surface area contributed by atoms with Crippen LogP contribution in [0.5, 0.6) is 0 Å². The van der Waals surface area contributed by atoms with E-state index in [1.54, 1.807) is 0 Å². The molecule has 1 aliphatic carbocycles. The molecule has 1 aromatic rings. The summed E-state index contributed by atoms with van der Waals surface area (Å²) in [7, 11) is 0. The second kappa shape index (κ2) is 12.4. The highest BCUT2D eigenvalue weighted by molar-refractivity contribution is 14.0. The summed E-state index contributed by atoms with van der Waals surface area (Å²) in [6.07, 6.45) is 5.92. The van der Waals surface area contributed by atoms with Crippen LogP contribution in [0, 0.1) is 6.92 Å². The summed E-state index contributed by atoms with van der Waals surface area (Å²) in [4.78, 5) is 19.2. The normalized spacial score (nSPS) is 20.7. The number of aliphatic imine (C=N–C) groups is 1. The minimum Gasteiger partial charge on any atom is -0.370 e. The van der Waals surface area contributed by atoms with E-state index in [0.29, 0.717) is 12.6 Å². The van der Waals surface area contributed by atoms with Crippen LogP contribution < -0.4 is 10.6 Å². The molecule has 1 atom stereocenters. The number of halogens is 1. The Bertz CT molecular complexity index is 677. The van der Waals surface area contributed by atoms with Gasteiger partial charge in [-0.2, -0.15) is 0 Å². The molecule has 1 saturated heterocycles. The molecule has 2 N–H and O–H groups in total. The summed E-state index contributed by atoms with van der Waals surface area (Å²) in [5.41, 5.74) is 2.46. The molecular weight excluding hydrogens is 479 g/mol. The van der Waals surface area contributed by atoms with E-state index in [0.717, 1.165) is 38.4 Å². The lowest BCUT2D eigenvalue weighted by atomic mass is 9.95. The van der Waals surface area contributed by atoms with Crippen molar-refractivity contribution < 1.29 is 9.53 Å². The lowest BCUT2D eigenvalue weighted by Crippen LogP contribution is -2.48. The number of carbonyl (C=O) groups is 1. The second-order valence-corrected chi connectivity index (χ2v) is 7.73. The maximum absolute atomic E-state index is 12.3. The number of hydrogen-bond acceptors (Lipinski definition) is 3. The van der Waals surface area contributed by atoms with Crippen molar-refractivity contribution >= 4 is 35.8 Å². The van der Waals surface area contributed by atoms with Gasteiger partial charge >= 0.3 is 0 Å². The van der Waals surface area contributed by atoms with Crippen molar-refractivity contribution in [2.24, 2.45) is 4.99 Å². The van der Waals surface area contributed by atoms with Crippen LogP contribution in [0.25, 0.3) is 0 Å². The predicted octanol–water partition coefficient (Wildman–Crippen LogP) is 3.40. The number of morpholine rings is 1. The first-order valence-electron chi connectivity index (χ1n) is 10.7.